The molecule has 4 nitrogen and oxygen atoms in total. The molecule has 0 aliphatic heterocycles. The van der Waals surface area contributed by atoms with Crippen molar-refractivity contribution in [3.05, 3.63) is 24.3 Å². The summed E-state index contributed by atoms with van der Waals surface area (Å²) in [6, 6.07) is 5.18. The van der Waals surface area contributed by atoms with Crippen LogP contribution in [-0.4, -0.2) is 21.9 Å². The van der Waals surface area contributed by atoms with E-state index in [0.29, 0.717) is 0 Å². The third kappa shape index (κ3) is 3.87. The molecule has 1 aromatic rings. The van der Waals surface area contributed by atoms with E-state index in [4.69, 9.17) is 0 Å². The van der Waals surface area contributed by atoms with Gasteiger partial charge in [0.1, 0.15) is 0 Å². The molecular weight excluding hydrogens is 271 g/mol. The number of hydrogen-bond donors (Lipinski definition) is 0. The van der Waals surface area contributed by atoms with Gasteiger partial charge in [-0.3, -0.25) is 4.21 Å². The summed E-state index contributed by atoms with van der Waals surface area (Å²) in [5.74, 6) is 0. The van der Waals surface area contributed by atoms with Crippen LogP contribution in [0, 0.1) is 0 Å². The molecule has 1 rings (SSSR count). The molecule has 0 amide bonds. The van der Waals surface area contributed by atoms with Crippen LogP contribution >= 0.6 is 0 Å². The number of sulfone groups is 1. The molecule has 0 spiro atoms. The predicted molar refractivity (Wildman–Crippen MR) is 60.6 cm³/mol. The van der Waals surface area contributed by atoms with Crippen LogP contribution in [0.4, 0.5) is 0 Å². The Hall–Kier alpha value is 0.280. The number of benzene rings is 1. The molecule has 90 valence electrons. The molecule has 0 radical (unpaired) electrons. The van der Waals surface area contributed by atoms with Gasteiger partial charge >= 0.3 is 29.6 Å². The summed E-state index contributed by atoms with van der Waals surface area (Å²) >= 11 is -2.33. The first kappa shape index (κ1) is 17.3. The van der Waals surface area contributed by atoms with Gasteiger partial charge in [-0.1, -0.05) is 0 Å². The Bertz CT molecular complexity index is 500. The zero-order chi connectivity index (χ0) is 12.6. The van der Waals surface area contributed by atoms with Gasteiger partial charge in [0, 0.05) is 4.90 Å². The van der Waals surface area contributed by atoms with Gasteiger partial charge in [0.2, 0.25) is 0 Å². The summed E-state index contributed by atoms with van der Waals surface area (Å²) in [6.07, 6.45) is 0. The van der Waals surface area contributed by atoms with Crippen LogP contribution in [0.5, 0.6) is 0 Å². The molecule has 7 heteroatoms. The van der Waals surface area contributed by atoms with Crippen LogP contribution in [0.1, 0.15) is 20.8 Å². The summed E-state index contributed by atoms with van der Waals surface area (Å²) < 4.78 is 44.3. The molecule has 0 saturated carbocycles. The van der Waals surface area contributed by atoms with Crippen molar-refractivity contribution >= 4 is 20.9 Å². The molecule has 0 N–H and O–H groups in total. The summed E-state index contributed by atoms with van der Waals surface area (Å²) in [5, 5.41) is 0. The summed E-state index contributed by atoms with van der Waals surface area (Å²) in [7, 11) is -3.42. The van der Waals surface area contributed by atoms with E-state index in [0.717, 1.165) is 0 Å². The van der Waals surface area contributed by atoms with Gasteiger partial charge < -0.3 is 4.55 Å². The fourth-order valence-electron chi connectivity index (χ4n) is 1.08. The Balaban J connectivity index is 0.00000256. The second-order valence-electron chi connectivity index (χ2n) is 4.32. The van der Waals surface area contributed by atoms with Crippen molar-refractivity contribution in [3.8, 4) is 0 Å². The minimum atomic E-state index is -3.42. The first-order chi connectivity index (χ1) is 7.16. The summed E-state index contributed by atoms with van der Waals surface area (Å²) in [4.78, 5) is 0.210. The Kier molecular flexibility index (Phi) is 6.05. The topological polar surface area (TPSA) is 74.3 Å². The van der Waals surface area contributed by atoms with Crippen molar-refractivity contribution in [3.63, 3.8) is 0 Å². The van der Waals surface area contributed by atoms with E-state index in [2.05, 4.69) is 0 Å². The van der Waals surface area contributed by atoms with E-state index in [-0.39, 0.29) is 39.3 Å². The average Bonchev–Trinajstić information content (AvgIpc) is 2.16. The Morgan fingerprint density at radius 2 is 1.53 bits per heavy atom. The summed E-state index contributed by atoms with van der Waals surface area (Å²) in [5.41, 5.74) is 0. The van der Waals surface area contributed by atoms with Crippen molar-refractivity contribution in [1.29, 1.82) is 0 Å². The van der Waals surface area contributed by atoms with Gasteiger partial charge in [0.05, 0.1) is 9.64 Å². The Labute approximate surface area is 126 Å². The fourth-order valence-corrected chi connectivity index (χ4v) is 2.64. The Morgan fingerprint density at radius 1 is 1.12 bits per heavy atom. The maximum Gasteiger partial charge on any atom is 1.00 e. The molecule has 0 heterocycles. The van der Waals surface area contributed by atoms with Crippen LogP contribution in [0.2, 0.25) is 0 Å². The van der Waals surface area contributed by atoms with Crippen LogP contribution < -0.4 is 29.6 Å². The van der Waals surface area contributed by atoms with Crippen molar-refractivity contribution in [1.82, 2.24) is 0 Å². The molecule has 1 atom stereocenters. The number of rotatable bonds is 2. The van der Waals surface area contributed by atoms with Crippen LogP contribution in [0.15, 0.2) is 34.1 Å². The smallest absolute Gasteiger partial charge is 0.768 e. The first-order valence-electron chi connectivity index (χ1n) is 4.60. The van der Waals surface area contributed by atoms with Gasteiger partial charge in [-0.05, 0) is 56.1 Å². The van der Waals surface area contributed by atoms with Gasteiger partial charge in [-0.2, -0.15) is 0 Å². The van der Waals surface area contributed by atoms with Crippen molar-refractivity contribution in [2.24, 2.45) is 0 Å². The SMILES string of the molecule is CC(C)(C)S(=O)(=O)c1ccc(S(=O)[O-])cc1.[Na+]. The van der Waals surface area contributed by atoms with E-state index < -0.39 is 25.7 Å². The van der Waals surface area contributed by atoms with E-state index >= 15 is 0 Å². The van der Waals surface area contributed by atoms with Gasteiger partial charge in [0.25, 0.3) is 0 Å². The van der Waals surface area contributed by atoms with Crippen molar-refractivity contribution < 1.29 is 46.7 Å². The standard InChI is InChI=1S/C10H14O4S2.Na/c1-10(2,3)16(13,14)9-6-4-8(5-7-9)15(11)12;/h4-7H,1-3H3,(H,11,12);/q;+1/p-1. The van der Waals surface area contributed by atoms with E-state index in [1.165, 1.54) is 24.3 Å². The molecule has 1 aromatic carbocycles. The number of hydrogen-bond acceptors (Lipinski definition) is 4. The maximum absolute atomic E-state index is 12.0. The predicted octanol–water partition coefficient (Wildman–Crippen LogP) is -1.50. The maximum atomic E-state index is 12.0. The van der Waals surface area contributed by atoms with Crippen molar-refractivity contribution in [2.75, 3.05) is 0 Å². The van der Waals surface area contributed by atoms with Crippen molar-refractivity contribution in [2.45, 2.75) is 35.3 Å². The molecule has 0 fully saturated rings. The molecule has 0 aromatic heterocycles. The zero-order valence-electron chi connectivity index (χ0n) is 10.3. The minimum absolute atomic E-state index is 0. The second-order valence-corrected chi connectivity index (χ2v) is 7.97. The largest absolute Gasteiger partial charge is 1.00 e. The molecule has 17 heavy (non-hydrogen) atoms. The first-order valence-corrected chi connectivity index (χ1v) is 7.16. The zero-order valence-corrected chi connectivity index (χ0v) is 13.9. The van der Waals surface area contributed by atoms with Crippen LogP contribution in [-0.2, 0) is 20.9 Å². The monoisotopic (exact) mass is 284 g/mol. The average molecular weight is 284 g/mol. The third-order valence-corrected chi connectivity index (χ3v) is 5.29. The molecule has 1 unspecified atom stereocenters. The third-order valence-electron chi connectivity index (χ3n) is 2.13. The normalized spacial score (nSPS) is 13.9. The molecular formula is C10H13NaO4S2. The van der Waals surface area contributed by atoms with Crippen LogP contribution in [0.25, 0.3) is 0 Å². The molecule has 0 aliphatic rings. The van der Waals surface area contributed by atoms with E-state index in [9.17, 15) is 17.2 Å². The van der Waals surface area contributed by atoms with E-state index in [1.54, 1.807) is 20.8 Å². The van der Waals surface area contributed by atoms with Gasteiger partial charge in [-0.25, -0.2) is 8.42 Å². The Morgan fingerprint density at radius 3 is 1.82 bits per heavy atom. The summed E-state index contributed by atoms with van der Waals surface area (Å²) in [6.45, 7) is 4.80. The van der Waals surface area contributed by atoms with Gasteiger partial charge in [0.15, 0.2) is 9.84 Å². The van der Waals surface area contributed by atoms with Gasteiger partial charge in [-0.15, -0.1) is 0 Å². The molecule has 0 bridgehead atoms. The molecule has 0 aliphatic carbocycles. The van der Waals surface area contributed by atoms with Crippen LogP contribution in [0.3, 0.4) is 0 Å². The quantitative estimate of drug-likeness (QED) is 0.489. The second kappa shape index (κ2) is 5.95. The minimum Gasteiger partial charge on any atom is -0.768 e. The molecule has 0 saturated heterocycles. The fraction of sp³-hybridized carbons (Fsp3) is 0.400. The van der Waals surface area contributed by atoms with E-state index in [1.807, 2.05) is 0 Å².